The maximum absolute atomic E-state index is 13.3. The van der Waals surface area contributed by atoms with E-state index in [2.05, 4.69) is 3.87 Å². The van der Waals surface area contributed by atoms with Gasteiger partial charge in [0.25, 0.3) is 0 Å². The molecule has 0 saturated carbocycles. The summed E-state index contributed by atoms with van der Waals surface area (Å²) >= 11 is 0. The highest BCUT2D eigenvalue weighted by molar-refractivity contribution is 7.88. The van der Waals surface area contributed by atoms with Crippen LogP contribution in [0.25, 0.3) is 0 Å². The summed E-state index contributed by atoms with van der Waals surface area (Å²) in [5, 5.41) is -7.07. The fourth-order valence-corrected chi connectivity index (χ4v) is 4.59. The van der Waals surface area contributed by atoms with Crippen molar-refractivity contribution >= 4 is 18.4 Å². The number of hydrogen-bond acceptors (Lipinski definition) is 3. The van der Waals surface area contributed by atoms with Crippen LogP contribution in [0.15, 0.2) is 0 Å². The highest BCUT2D eigenvalue weighted by Gasteiger charge is 2.90. The van der Waals surface area contributed by atoms with Gasteiger partial charge < -0.3 is 3.87 Å². The Labute approximate surface area is 129 Å². The summed E-state index contributed by atoms with van der Waals surface area (Å²) in [5.74, 6) is -23.1. The summed E-state index contributed by atoms with van der Waals surface area (Å²) in [7, 11) is -10.6. The summed E-state index contributed by atoms with van der Waals surface area (Å²) in [6.45, 7) is 2.46. The maximum Gasteiger partial charge on any atom is 0.460 e. The fourth-order valence-electron chi connectivity index (χ4n) is 1.10. The van der Waals surface area contributed by atoms with Crippen molar-refractivity contribution in [2.45, 2.75) is 48.8 Å². The number of hydrogen-bond donors (Lipinski definition) is 0. The van der Waals surface area contributed by atoms with E-state index < -0.39 is 47.6 Å². The van der Waals surface area contributed by atoms with E-state index in [0.717, 1.165) is 19.6 Å². The van der Waals surface area contributed by atoms with Gasteiger partial charge in [0.1, 0.15) is 0 Å². The monoisotopic (exact) mass is 422 g/mol. The lowest BCUT2D eigenvalue weighted by Crippen LogP contribution is -2.68. The van der Waals surface area contributed by atoms with Crippen molar-refractivity contribution < 1.29 is 60.6 Å². The molecule has 0 spiro atoms. The Hall–Kier alpha value is -0.643. The second-order valence-electron chi connectivity index (χ2n) is 5.39. The van der Waals surface area contributed by atoms with Gasteiger partial charge in [0, 0.05) is 0 Å². The molecule has 0 rings (SSSR count). The minimum Gasteiger partial charge on any atom is -0.311 e. The summed E-state index contributed by atoms with van der Waals surface area (Å²) in [4.78, 5) is 0. The first-order valence-electron chi connectivity index (χ1n) is 5.49. The van der Waals surface area contributed by atoms with Crippen LogP contribution in [-0.2, 0) is 14.0 Å². The van der Waals surface area contributed by atoms with Crippen LogP contribution in [0, 0.1) is 0 Å². The molecule has 0 aromatic heterocycles. The van der Waals surface area contributed by atoms with Gasteiger partial charge in [-0.1, -0.05) is 0 Å². The average molecular weight is 422 g/mol. The Morgan fingerprint density at radius 3 is 1.25 bits per heavy atom. The van der Waals surface area contributed by atoms with Crippen molar-refractivity contribution in [2.75, 3.05) is 0 Å². The van der Waals surface area contributed by atoms with Crippen molar-refractivity contribution in [3.05, 3.63) is 0 Å². The molecule has 0 aliphatic heterocycles. The largest absolute Gasteiger partial charge is 0.460 e. The van der Waals surface area contributed by atoms with E-state index in [1.54, 1.807) is 0 Å². The van der Waals surface area contributed by atoms with Crippen LogP contribution in [0.3, 0.4) is 0 Å². The molecular weight excluding hydrogens is 413 g/mol. The zero-order valence-electron chi connectivity index (χ0n) is 11.8. The average Bonchev–Trinajstić information content (AvgIpc) is 2.22. The lowest BCUT2D eigenvalue weighted by Gasteiger charge is -2.37. The molecule has 0 N–H and O–H groups in total. The highest BCUT2D eigenvalue weighted by atomic mass is 32.2. The molecule has 0 aliphatic rings. The van der Waals surface area contributed by atoms with Crippen LogP contribution in [0.2, 0.25) is 19.6 Å². The minimum absolute atomic E-state index is 0.821. The molecule has 0 amide bonds. The van der Waals surface area contributed by atoms with Gasteiger partial charge >= 0.3 is 39.3 Å². The number of rotatable bonds is 6. The molecule has 0 atom stereocenters. The molecule has 0 aromatic rings. The van der Waals surface area contributed by atoms with Gasteiger partial charge in [-0.2, -0.15) is 56.7 Å². The third-order valence-corrected chi connectivity index (χ3v) is 5.95. The molecule has 0 bridgehead atoms. The van der Waals surface area contributed by atoms with E-state index in [0.29, 0.717) is 0 Å². The van der Waals surface area contributed by atoms with Gasteiger partial charge in [0.15, 0.2) is 0 Å². The topological polar surface area (TPSA) is 43.4 Å². The Balaban J connectivity index is 6.32. The minimum atomic E-state index is -7.79. The van der Waals surface area contributed by atoms with E-state index in [1.165, 1.54) is 0 Å². The van der Waals surface area contributed by atoms with Crippen LogP contribution in [0.5, 0.6) is 0 Å². The van der Waals surface area contributed by atoms with Gasteiger partial charge in [0.05, 0.1) is 0 Å². The van der Waals surface area contributed by atoms with Crippen LogP contribution in [0.4, 0.5) is 48.3 Å². The van der Waals surface area contributed by atoms with Crippen molar-refractivity contribution in [3.63, 3.8) is 0 Å². The molecule has 3 nitrogen and oxygen atoms in total. The second-order valence-corrected chi connectivity index (χ2v) is 11.7. The Morgan fingerprint density at radius 1 is 0.667 bits per heavy atom. The zero-order chi connectivity index (χ0) is 20.2. The smallest absolute Gasteiger partial charge is 0.311 e. The second kappa shape index (κ2) is 5.68. The first-order valence-corrected chi connectivity index (χ1v) is 10.3. The molecule has 24 heavy (non-hydrogen) atoms. The summed E-state index contributed by atoms with van der Waals surface area (Å²) in [5.41, 5.74) is 0. The first-order chi connectivity index (χ1) is 9.96. The molecule has 0 fully saturated rings. The normalized spacial score (nSPS) is 16.4. The maximum atomic E-state index is 13.3. The number of halogens is 11. The first kappa shape index (κ1) is 23.4. The van der Waals surface area contributed by atoms with Crippen molar-refractivity contribution in [1.29, 1.82) is 0 Å². The summed E-state index contributed by atoms with van der Waals surface area (Å²) in [6, 6.07) is 0. The van der Waals surface area contributed by atoms with Gasteiger partial charge in [-0.3, -0.25) is 0 Å². The van der Waals surface area contributed by atoms with Crippen molar-refractivity contribution in [3.8, 4) is 0 Å². The molecule has 0 unspecified atom stereocenters. The quantitative estimate of drug-likeness (QED) is 0.476. The Kier molecular flexibility index (Phi) is 5.53. The van der Waals surface area contributed by atoms with Crippen LogP contribution in [0.1, 0.15) is 0 Å². The standard InChI is InChI=1S/C8H9F11O3SSi/c1-24(2,3)22-23(20,21)8(18,19)6(13,14)4(9,10)5(11,12)7(15,16)17/h1-3H3. The van der Waals surface area contributed by atoms with Gasteiger partial charge in [-0.25, -0.2) is 0 Å². The molecular formula is C8H9F11O3SSi. The molecule has 0 aromatic carbocycles. The SMILES string of the molecule is C[Si](C)(C)OS(=O)(=O)C(F)(F)C(F)(F)C(F)(F)C(F)(F)C(F)(F)F. The summed E-state index contributed by atoms with van der Waals surface area (Å²) < 4.78 is 165. The van der Waals surface area contributed by atoms with Crippen molar-refractivity contribution in [1.82, 2.24) is 0 Å². The van der Waals surface area contributed by atoms with Gasteiger partial charge in [0.2, 0.25) is 8.32 Å². The van der Waals surface area contributed by atoms with Gasteiger partial charge in [-0.05, 0) is 19.6 Å². The lowest BCUT2D eigenvalue weighted by molar-refractivity contribution is -0.413. The molecule has 0 heterocycles. The van der Waals surface area contributed by atoms with E-state index in [1.807, 2.05) is 0 Å². The third kappa shape index (κ3) is 3.49. The predicted octanol–water partition coefficient (Wildman–Crippen LogP) is 4.23. The molecule has 0 saturated heterocycles. The highest BCUT2D eigenvalue weighted by Crippen LogP contribution is 2.58. The third-order valence-electron chi connectivity index (χ3n) is 2.18. The van der Waals surface area contributed by atoms with Crippen LogP contribution >= 0.6 is 0 Å². The van der Waals surface area contributed by atoms with Gasteiger partial charge in [-0.15, -0.1) is 0 Å². The Morgan fingerprint density at radius 2 is 1.00 bits per heavy atom. The molecule has 146 valence electrons. The lowest BCUT2D eigenvalue weighted by atomic mass is 10.0. The van der Waals surface area contributed by atoms with E-state index in [9.17, 15) is 56.7 Å². The predicted molar refractivity (Wildman–Crippen MR) is 59.2 cm³/mol. The van der Waals surface area contributed by atoms with E-state index in [-0.39, 0.29) is 0 Å². The molecule has 16 heteroatoms. The summed E-state index contributed by atoms with van der Waals surface area (Å²) in [6.07, 6.45) is -7.36. The van der Waals surface area contributed by atoms with Crippen molar-refractivity contribution in [2.24, 2.45) is 0 Å². The van der Waals surface area contributed by atoms with Crippen LogP contribution < -0.4 is 0 Å². The van der Waals surface area contributed by atoms with E-state index in [4.69, 9.17) is 0 Å². The fraction of sp³-hybridized carbons (Fsp3) is 1.00. The van der Waals surface area contributed by atoms with E-state index >= 15 is 0 Å². The number of alkyl halides is 11. The molecule has 0 aliphatic carbocycles. The Bertz CT molecular complexity index is 575. The van der Waals surface area contributed by atoms with Crippen LogP contribution in [-0.4, -0.2) is 45.9 Å². The zero-order valence-corrected chi connectivity index (χ0v) is 13.6. The molecule has 0 radical (unpaired) electrons.